The maximum absolute atomic E-state index is 12.1. The van der Waals surface area contributed by atoms with Gasteiger partial charge < -0.3 is 14.4 Å². The molecule has 0 unspecified atom stereocenters. The Morgan fingerprint density at radius 3 is 2.56 bits per heavy atom. The number of aldehydes is 1. The summed E-state index contributed by atoms with van der Waals surface area (Å²) in [6.07, 6.45) is 0.441. The lowest BCUT2D eigenvalue weighted by molar-refractivity contribution is -0.384. The Morgan fingerprint density at radius 2 is 1.93 bits per heavy atom. The second-order valence-electron chi connectivity index (χ2n) is 5.50. The molecule has 0 N–H and O–H groups in total. The van der Waals surface area contributed by atoms with Gasteiger partial charge in [0.2, 0.25) is 0 Å². The van der Waals surface area contributed by atoms with Gasteiger partial charge in [0.25, 0.3) is 11.6 Å². The zero-order chi connectivity index (χ0) is 19.8. The van der Waals surface area contributed by atoms with E-state index in [1.165, 1.54) is 17.0 Å². The monoisotopic (exact) mass is 392 g/mol. The molecule has 0 bridgehead atoms. The summed E-state index contributed by atoms with van der Waals surface area (Å²) in [5.74, 6) is 0.415. The lowest BCUT2D eigenvalue weighted by Crippen LogP contribution is -2.34. The fourth-order valence-electron chi connectivity index (χ4n) is 2.08. The molecule has 0 saturated heterocycles. The van der Waals surface area contributed by atoms with Crippen LogP contribution in [0.3, 0.4) is 0 Å². The van der Waals surface area contributed by atoms with Gasteiger partial charge in [-0.15, -0.1) is 0 Å². The second-order valence-corrected chi connectivity index (χ2v) is 5.94. The molecule has 2 rings (SSSR count). The molecule has 9 heteroatoms. The maximum atomic E-state index is 12.1. The average Bonchev–Trinajstić information content (AvgIpc) is 2.67. The second kappa shape index (κ2) is 9.54. The number of amides is 1. The predicted octanol–water partition coefficient (Wildman–Crippen LogP) is 2.98. The summed E-state index contributed by atoms with van der Waals surface area (Å²) >= 11 is 5.79. The SMILES string of the molecule is CN(CCOc1ccc(Cl)cc1)C(=O)COc1ccc([N+](=O)[O-])cc1C=O. The van der Waals surface area contributed by atoms with Crippen LogP contribution in [0.4, 0.5) is 5.69 Å². The summed E-state index contributed by atoms with van der Waals surface area (Å²) in [7, 11) is 1.59. The number of nitro groups is 1. The highest BCUT2D eigenvalue weighted by Gasteiger charge is 2.14. The van der Waals surface area contributed by atoms with Gasteiger partial charge in [-0.25, -0.2) is 0 Å². The first kappa shape index (κ1) is 20.2. The standard InChI is InChI=1S/C18H17ClN2O6/c1-20(8-9-26-16-5-2-14(19)3-6-16)18(23)12-27-17-7-4-15(21(24)25)10-13(17)11-22/h2-7,10-11H,8-9,12H2,1H3. The summed E-state index contributed by atoms with van der Waals surface area (Å²) in [5, 5.41) is 11.3. The molecular formula is C18H17ClN2O6. The number of hydrogen-bond acceptors (Lipinski definition) is 6. The van der Waals surface area contributed by atoms with Gasteiger partial charge in [-0.1, -0.05) is 11.6 Å². The summed E-state index contributed by atoms with van der Waals surface area (Å²) < 4.78 is 10.8. The largest absolute Gasteiger partial charge is 0.492 e. The van der Waals surface area contributed by atoms with Crippen molar-refractivity contribution in [1.29, 1.82) is 0 Å². The van der Waals surface area contributed by atoms with E-state index in [9.17, 15) is 19.7 Å². The molecule has 0 fully saturated rings. The molecule has 0 heterocycles. The number of nitro benzene ring substituents is 1. The Labute approximate surface area is 160 Å². The van der Waals surface area contributed by atoms with Gasteiger partial charge in [0.05, 0.1) is 17.0 Å². The molecule has 27 heavy (non-hydrogen) atoms. The van der Waals surface area contributed by atoms with E-state index in [4.69, 9.17) is 21.1 Å². The summed E-state index contributed by atoms with van der Waals surface area (Å²) in [4.78, 5) is 34.7. The molecule has 0 atom stereocenters. The number of carbonyl (C=O) groups excluding carboxylic acids is 2. The van der Waals surface area contributed by atoms with Gasteiger partial charge in [0.15, 0.2) is 12.9 Å². The average molecular weight is 393 g/mol. The number of hydrogen-bond donors (Lipinski definition) is 0. The highest BCUT2D eigenvalue weighted by atomic mass is 35.5. The number of likely N-dealkylation sites (N-methyl/N-ethyl adjacent to an activating group) is 1. The third kappa shape index (κ3) is 5.96. The first-order valence-corrected chi connectivity index (χ1v) is 8.27. The summed E-state index contributed by atoms with van der Waals surface area (Å²) in [5.41, 5.74) is -0.224. The van der Waals surface area contributed by atoms with Gasteiger partial charge in [-0.05, 0) is 30.3 Å². The van der Waals surface area contributed by atoms with E-state index in [1.54, 1.807) is 31.3 Å². The molecule has 142 valence electrons. The van der Waals surface area contributed by atoms with Crippen LogP contribution in [0.5, 0.6) is 11.5 Å². The summed E-state index contributed by atoms with van der Waals surface area (Å²) in [6, 6.07) is 10.4. The first-order valence-electron chi connectivity index (χ1n) is 7.89. The molecular weight excluding hydrogens is 376 g/mol. The molecule has 0 aromatic heterocycles. The molecule has 2 aromatic rings. The third-order valence-corrected chi connectivity index (χ3v) is 3.87. The van der Waals surface area contributed by atoms with Crippen LogP contribution < -0.4 is 9.47 Å². The quantitative estimate of drug-likeness (QED) is 0.369. The number of benzene rings is 2. The van der Waals surface area contributed by atoms with Crippen LogP contribution in [0.25, 0.3) is 0 Å². The highest BCUT2D eigenvalue weighted by molar-refractivity contribution is 6.30. The van der Waals surface area contributed by atoms with Gasteiger partial charge in [-0.2, -0.15) is 0 Å². The van der Waals surface area contributed by atoms with E-state index in [1.807, 2.05) is 0 Å². The third-order valence-electron chi connectivity index (χ3n) is 3.62. The van der Waals surface area contributed by atoms with Crippen LogP contribution in [0, 0.1) is 10.1 Å². The zero-order valence-electron chi connectivity index (χ0n) is 14.5. The molecule has 0 radical (unpaired) electrons. The Bertz CT molecular complexity index is 825. The van der Waals surface area contributed by atoms with Crippen LogP contribution in [0.15, 0.2) is 42.5 Å². The van der Waals surface area contributed by atoms with Crippen molar-refractivity contribution >= 4 is 29.5 Å². The molecule has 0 aliphatic rings. The fraction of sp³-hybridized carbons (Fsp3) is 0.222. The van der Waals surface area contributed by atoms with Crippen molar-refractivity contribution in [2.75, 3.05) is 26.8 Å². The van der Waals surface area contributed by atoms with Crippen molar-refractivity contribution in [3.05, 3.63) is 63.2 Å². The Balaban J connectivity index is 1.83. The van der Waals surface area contributed by atoms with Crippen molar-refractivity contribution in [1.82, 2.24) is 4.90 Å². The number of nitrogens with zero attached hydrogens (tertiary/aromatic N) is 2. The van der Waals surface area contributed by atoms with E-state index < -0.39 is 4.92 Å². The Hall–Kier alpha value is -3.13. The molecule has 1 amide bonds. The zero-order valence-corrected chi connectivity index (χ0v) is 15.2. The summed E-state index contributed by atoms with van der Waals surface area (Å²) in [6.45, 7) is 0.294. The number of ether oxygens (including phenoxy) is 2. The van der Waals surface area contributed by atoms with E-state index in [2.05, 4.69) is 0 Å². The van der Waals surface area contributed by atoms with E-state index in [0.717, 1.165) is 6.07 Å². The Morgan fingerprint density at radius 1 is 1.22 bits per heavy atom. The van der Waals surface area contributed by atoms with Crippen molar-refractivity contribution < 1.29 is 24.0 Å². The normalized spacial score (nSPS) is 10.1. The van der Waals surface area contributed by atoms with Crippen LogP contribution >= 0.6 is 11.6 Å². The smallest absolute Gasteiger partial charge is 0.270 e. The van der Waals surface area contributed by atoms with Crippen molar-refractivity contribution in [3.63, 3.8) is 0 Å². The van der Waals surface area contributed by atoms with Crippen LogP contribution in [0.1, 0.15) is 10.4 Å². The maximum Gasteiger partial charge on any atom is 0.270 e. The van der Waals surface area contributed by atoms with Crippen molar-refractivity contribution in [2.45, 2.75) is 0 Å². The number of non-ortho nitro benzene ring substituents is 1. The van der Waals surface area contributed by atoms with Crippen LogP contribution in [0.2, 0.25) is 5.02 Å². The highest BCUT2D eigenvalue weighted by Crippen LogP contribution is 2.22. The van der Waals surface area contributed by atoms with E-state index in [-0.39, 0.29) is 36.1 Å². The molecule has 0 spiro atoms. The lowest BCUT2D eigenvalue weighted by atomic mass is 10.2. The van der Waals surface area contributed by atoms with Crippen molar-refractivity contribution in [3.8, 4) is 11.5 Å². The van der Waals surface area contributed by atoms with Gasteiger partial charge in [0, 0.05) is 24.2 Å². The molecule has 0 aliphatic carbocycles. The molecule has 0 aliphatic heterocycles. The lowest BCUT2D eigenvalue weighted by Gasteiger charge is -2.18. The molecule has 2 aromatic carbocycles. The topological polar surface area (TPSA) is 99.0 Å². The van der Waals surface area contributed by atoms with Crippen molar-refractivity contribution in [2.24, 2.45) is 0 Å². The minimum absolute atomic E-state index is 0.00530. The minimum Gasteiger partial charge on any atom is -0.492 e. The van der Waals surface area contributed by atoms with Crippen LogP contribution in [-0.4, -0.2) is 48.8 Å². The van der Waals surface area contributed by atoms with Gasteiger partial charge in [0.1, 0.15) is 18.1 Å². The fourth-order valence-corrected chi connectivity index (χ4v) is 2.20. The number of halogens is 1. The van der Waals surface area contributed by atoms with Gasteiger partial charge >= 0.3 is 0 Å². The number of carbonyl (C=O) groups is 2. The Kier molecular flexibility index (Phi) is 7.13. The predicted molar refractivity (Wildman–Crippen MR) is 98.6 cm³/mol. The molecule has 8 nitrogen and oxygen atoms in total. The first-order chi connectivity index (χ1) is 12.9. The van der Waals surface area contributed by atoms with Crippen LogP contribution in [-0.2, 0) is 4.79 Å². The van der Waals surface area contributed by atoms with E-state index >= 15 is 0 Å². The minimum atomic E-state index is -0.615. The van der Waals surface area contributed by atoms with Gasteiger partial charge in [-0.3, -0.25) is 19.7 Å². The van der Waals surface area contributed by atoms with E-state index in [0.29, 0.717) is 23.6 Å². The molecule has 0 saturated carbocycles. The number of rotatable bonds is 9.